The number of hydrogen-bond acceptors (Lipinski definition) is 5. The predicted molar refractivity (Wildman–Crippen MR) is 111 cm³/mol. The first-order chi connectivity index (χ1) is 14.5. The molecule has 0 spiro atoms. The molecule has 10 heteroatoms. The molecule has 1 fully saturated rings. The molecule has 0 unspecified atom stereocenters. The summed E-state index contributed by atoms with van der Waals surface area (Å²) in [7, 11) is 0. The molecule has 1 saturated heterocycles. The van der Waals surface area contributed by atoms with Crippen molar-refractivity contribution in [2.75, 3.05) is 13.1 Å². The lowest BCUT2D eigenvalue weighted by atomic mass is 10.0. The fourth-order valence-corrected chi connectivity index (χ4v) is 3.98. The molecule has 1 aliphatic rings. The first-order valence-corrected chi connectivity index (χ1v) is 10.7. The lowest BCUT2D eigenvalue weighted by Crippen LogP contribution is -2.46. The Morgan fingerprint density at radius 1 is 1.27 bits per heavy atom. The number of H-pyrrole nitrogens is 1. The van der Waals surface area contributed by atoms with Crippen molar-refractivity contribution >= 4 is 27.9 Å². The maximum atomic E-state index is 12.9. The number of carbonyl (C=O) groups is 2. The molecule has 2 aromatic rings. The highest BCUT2D eigenvalue weighted by Crippen LogP contribution is 2.18. The van der Waals surface area contributed by atoms with Crippen molar-refractivity contribution in [1.29, 1.82) is 0 Å². The lowest BCUT2D eigenvalue weighted by molar-refractivity contribution is -0.122. The lowest BCUT2D eigenvalue weighted by Gasteiger charge is -2.31. The van der Waals surface area contributed by atoms with Gasteiger partial charge in [0.25, 0.3) is 0 Å². The van der Waals surface area contributed by atoms with Gasteiger partial charge < -0.3 is 15.0 Å². The van der Waals surface area contributed by atoms with Crippen LogP contribution in [0.2, 0.25) is 0 Å². The Labute approximate surface area is 182 Å². The predicted octanol–water partition coefficient (Wildman–Crippen LogP) is 3.28. The number of alkyl halides is 1. The highest BCUT2D eigenvalue weighted by Gasteiger charge is 2.24. The number of amides is 2. The SMILES string of the molecule is O=C(CCCc1cn[nH]n1)NC1CCN(C(=O)OCc2cc(Br)cc(CF)c2)CC1. The third-order valence-corrected chi connectivity index (χ3v) is 5.41. The number of aromatic nitrogens is 3. The van der Waals surface area contributed by atoms with Gasteiger partial charge in [0.2, 0.25) is 5.91 Å². The second-order valence-electron chi connectivity index (χ2n) is 7.30. The van der Waals surface area contributed by atoms with Gasteiger partial charge in [0.05, 0.1) is 11.9 Å². The zero-order valence-corrected chi connectivity index (χ0v) is 18.2. The molecule has 2 N–H and O–H groups in total. The van der Waals surface area contributed by atoms with Crippen molar-refractivity contribution in [2.24, 2.45) is 0 Å². The van der Waals surface area contributed by atoms with Gasteiger partial charge in [-0.2, -0.15) is 15.4 Å². The molecule has 162 valence electrons. The largest absolute Gasteiger partial charge is 0.445 e. The second kappa shape index (κ2) is 11.1. The monoisotopic (exact) mass is 481 g/mol. The molecule has 2 amide bonds. The van der Waals surface area contributed by atoms with Crippen LogP contribution in [0.4, 0.5) is 9.18 Å². The first kappa shape index (κ1) is 22.2. The van der Waals surface area contributed by atoms with E-state index in [0.717, 1.165) is 15.7 Å². The van der Waals surface area contributed by atoms with E-state index in [1.54, 1.807) is 29.3 Å². The fraction of sp³-hybridized carbons (Fsp3) is 0.500. The van der Waals surface area contributed by atoms with Gasteiger partial charge in [-0.05, 0) is 55.0 Å². The Morgan fingerprint density at radius 2 is 2.03 bits per heavy atom. The van der Waals surface area contributed by atoms with Crippen LogP contribution in [0.25, 0.3) is 0 Å². The Bertz CT molecular complexity index is 841. The van der Waals surface area contributed by atoms with Crippen molar-refractivity contribution in [3.05, 3.63) is 45.7 Å². The summed E-state index contributed by atoms with van der Waals surface area (Å²) in [6.45, 7) is 0.571. The molecule has 0 aliphatic carbocycles. The summed E-state index contributed by atoms with van der Waals surface area (Å²) in [5.74, 6) is 0.0119. The summed E-state index contributed by atoms with van der Waals surface area (Å²) in [6, 6.07) is 5.24. The molecular formula is C20H25BrFN5O3. The minimum atomic E-state index is -0.570. The van der Waals surface area contributed by atoms with E-state index in [0.29, 0.717) is 50.8 Å². The van der Waals surface area contributed by atoms with Crippen LogP contribution >= 0.6 is 15.9 Å². The first-order valence-electron chi connectivity index (χ1n) is 9.93. The van der Waals surface area contributed by atoms with Gasteiger partial charge >= 0.3 is 6.09 Å². The Hall–Kier alpha value is -2.49. The van der Waals surface area contributed by atoms with Crippen molar-refractivity contribution in [3.63, 3.8) is 0 Å². The molecule has 0 saturated carbocycles. The van der Waals surface area contributed by atoms with Crippen LogP contribution in [0.3, 0.4) is 0 Å². The van der Waals surface area contributed by atoms with Gasteiger partial charge in [0.1, 0.15) is 13.3 Å². The van der Waals surface area contributed by atoms with E-state index in [1.165, 1.54) is 0 Å². The molecule has 8 nitrogen and oxygen atoms in total. The zero-order valence-electron chi connectivity index (χ0n) is 16.6. The van der Waals surface area contributed by atoms with E-state index < -0.39 is 12.8 Å². The second-order valence-corrected chi connectivity index (χ2v) is 8.22. The van der Waals surface area contributed by atoms with Crippen molar-refractivity contribution < 1.29 is 18.7 Å². The molecule has 1 aromatic carbocycles. The van der Waals surface area contributed by atoms with E-state index >= 15 is 0 Å². The van der Waals surface area contributed by atoms with Gasteiger partial charge in [0, 0.05) is 30.0 Å². The number of piperidine rings is 1. The third-order valence-electron chi connectivity index (χ3n) is 4.95. The maximum absolute atomic E-state index is 12.9. The van der Waals surface area contributed by atoms with Crippen molar-refractivity contribution in [1.82, 2.24) is 25.6 Å². The summed E-state index contributed by atoms with van der Waals surface area (Å²) in [5, 5.41) is 13.3. The Morgan fingerprint density at radius 3 is 2.73 bits per heavy atom. The molecule has 1 aromatic heterocycles. The third kappa shape index (κ3) is 6.79. The summed E-state index contributed by atoms with van der Waals surface area (Å²) < 4.78 is 19.0. The quantitative estimate of drug-likeness (QED) is 0.602. The summed E-state index contributed by atoms with van der Waals surface area (Å²) in [4.78, 5) is 26.1. The van der Waals surface area contributed by atoms with E-state index in [2.05, 4.69) is 36.7 Å². The molecule has 1 aliphatic heterocycles. The van der Waals surface area contributed by atoms with E-state index in [-0.39, 0.29) is 18.6 Å². The van der Waals surface area contributed by atoms with E-state index in [1.807, 2.05) is 0 Å². The smallest absolute Gasteiger partial charge is 0.410 e. The molecule has 0 radical (unpaired) electrons. The number of aromatic amines is 1. The molecule has 0 atom stereocenters. The number of likely N-dealkylation sites (tertiary alicyclic amines) is 1. The van der Waals surface area contributed by atoms with Crippen LogP contribution in [0.1, 0.15) is 42.5 Å². The fourth-order valence-electron chi connectivity index (χ4n) is 3.40. The average molecular weight is 482 g/mol. The number of aryl methyl sites for hydroxylation is 1. The molecule has 3 rings (SSSR count). The normalized spacial score (nSPS) is 14.5. The standard InChI is InChI=1S/C20H25BrFN5O3/c21-16-9-14(11-22)8-15(10-16)13-30-20(29)27-6-4-17(5-7-27)24-19(28)3-1-2-18-12-23-26-25-18/h8-10,12,17H,1-7,11,13H2,(H,24,28)(H,23,25,26). The molecule has 0 bridgehead atoms. The number of ether oxygens (including phenoxy) is 1. The topological polar surface area (TPSA) is 100 Å². The minimum absolute atomic E-state index is 0.0119. The zero-order chi connectivity index (χ0) is 21.3. The number of nitrogens with zero attached hydrogens (tertiary/aromatic N) is 3. The highest BCUT2D eigenvalue weighted by molar-refractivity contribution is 9.10. The minimum Gasteiger partial charge on any atom is -0.445 e. The van der Waals surface area contributed by atoms with Gasteiger partial charge in [0.15, 0.2) is 0 Å². The van der Waals surface area contributed by atoms with Crippen LogP contribution in [0.15, 0.2) is 28.9 Å². The van der Waals surface area contributed by atoms with Crippen LogP contribution in [-0.2, 0) is 29.2 Å². The Kier molecular flexibility index (Phi) is 8.18. The summed E-state index contributed by atoms with van der Waals surface area (Å²) in [6.07, 6.45) is 4.49. The van der Waals surface area contributed by atoms with Gasteiger partial charge in [-0.15, -0.1) is 0 Å². The number of benzene rings is 1. The molecule has 2 heterocycles. The van der Waals surface area contributed by atoms with Crippen LogP contribution in [0, 0.1) is 0 Å². The number of hydrogen-bond donors (Lipinski definition) is 2. The van der Waals surface area contributed by atoms with Crippen LogP contribution < -0.4 is 5.32 Å². The van der Waals surface area contributed by atoms with E-state index in [9.17, 15) is 14.0 Å². The summed E-state index contributed by atoms with van der Waals surface area (Å²) in [5.41, 5.74) is 2.12. The average Bonchev–Trinajstić information content (AvgIpc) is 3.25. The maximum Gasteiger partial charge on any atom is 0.410 e. The van der Waals surface area contributed by atoms with Gasteiger partial charge in [-0.25, -0.2) is 9.18 Å². The Balaban J connectivity index is 1.34. The van der Waals surface area contributed by atoms with Crippen molar-refractivity contribution in [2.45, 2.75) is 51.4 Å². The number of carbonyl (C=O) groups excluding carboxylic acids is 2. The molecular weight excluding hydrogens is 457 g/mol. The van der Waals surface area contributed by atoms with Crippen LogP contribution in [0.5, 0.6) is 0 Å². The summed E-state index contributed by atoms with van der Waals surface area (Å²) >= 11 is 3.33. The highest BCUT2D eigenvalue weighted by atomic mass is 79.9. The van der Waals surface area contributed by atoms with Crippen LogP contribution in [-0.4, -0.2) is 51.4 Å². The number of halogens is 2. The van der Waals surface area contributed by atoms with E-state index in [4.69, 9.17) is 4.74 Å². The van der Waals surface area contributed by atoms with Crippen molar-refractivity contribution in [3.8, 4) is 0 Å². The molecule has 30 heavy (non-hydrogen) atoms. The number of rotatable bonds is 8. The van der Waals surface area contributed by atoms with Gasteiger partial charge in [-0.3, -0.25) is 4.79 Å². The van der Waals surface area contributed by atoms with Gasteiger partial charge in [-0.1, -0.05) is 15.9 Å². The number of nitrogens with one attached hydrogen (secondary N) is 2.